The third kappa shape index (κ3) is 5.05. The van der Waals surface area contributed by atoms with Crippen LogP contribution in [0.4, 0.5) is 5.13 Å². The maximum Gasteiger partial charge on any atom is 0.322 e. The Morgan fingerprint density at radius 1 is 1.38 bits per heavy atom. The number of carboxylic acid groups (broad SMARTS) is 1. The van der Waals surface area contributed by atoms with Crippen LogP contribution in [0.15, 0.2) is 4.34 Å². The van der Waals surface area contributed by atoms with Crippen LogP contribution in [-0.4, -0.2) is 47.5 Å². The van der Waals surface area contributed by atoms with Gasteiger partial charge in [0.2, 0.25) is 21.3 Å². The molecule has 1 atom stereocenters. The predicted molar refractivity (Wildman–Crippen MR) is 69.8 cm³/mol. The summed E-state index contributed by atoms with van der Waals surface area (Å²) in [7, 11) is -4.31. The van der Waals surface area contributed by atoms with Crippen LogP contribution in [-0.2, 0) is 24.4 Å². The van der Waals surface area contributed by atoms with Gasteiger partial charge in [-0.25, -0.2) is 8.42 Å². The number of carboxylic acids is 1. The molecule has 21 heavy (non-hydrogen) atoms. The van der Waals surface area contributed by atoms with Crippen LogP contribution in [0.5, 0.6) is 0 Å². The van der Waals surface area contributed by atoms with E-state index in [0.717, 1.165) is 0 Å². The van der Waals surface area contributed by atoms with Gasteiger partial charge in [0.1, 0.15) is 6.04 Å². The molecule has 116 valence electrons. The Morgan fingerprint density at radius 3 is 2.48 bits per heavy atom. The summed E-state index contributed by atoms with van der Waals surface area (Å²) in [4.78, 5) is 32.4. The number of aliphatic carboxylic acids is 1. The molecule has 0 saturated carbocycles. The standard InChI is InChI=1S/C8H11N5O6S2/c1-3(14)10-7-11-12-8(20-7)21(18,19)13-4(6(16)17)2-5(9)15/h4,13H,2H2,1H3,(H2,9,15)(H,16,17)(H,10,11,14)/t4-/m1/s1. The minimum atomic E-state index is -4.31. The minimum Gasteiger partial charge on any atom is -0.480 e. The van der Waals surface area contributed by atoms with Gasteiger partial charge >= 0.3 is 5.97 Å². The third-order valence-corrected chi connectivity index (χ3v) is 4.60. The fourth-order valence-electron chi connectivity index (χ4n) is 1.14. The second kappa shape index (κ2) is 6.55. The van der Waals surface area contributed by atoms with E-state index < -0.39 is 44.6 Å². The van der Waals surface area contributed by atoms with Gasteiger partial charge in [-0.2, -0.15) is 4.72 Å². The first-order valence-electron chi connectivity index (χ1n) is 5.26. The quantitative estimate of drug-likeness (QED) is 0.416. The topological polar surface area (TPSA) is 181 Å². The largest absolute Gasteiger partial charge is 0.480 e. The number of rotatable bonds is 7. The van der Waals surface area contributed by atoms with Crippen molar-refractivity contribution in [2.75, 3.05) is 5.32 Å². The number of carbonyl (C=O) groups excluding carboxylic acids is 2. The SMILES string of the molecule is CC(=O)Nc1nnc(S(=O)(=O)N[C@H](CC(N)=O)C(=O)O)s1. The van der Waals surface area contributed by atoms with Crippen molar-refractivity contribution in [2.45, 2.75) is 23.7 Å². The summed E-state index contributed by atoms with van der Waals surface area (Å²) in [5, 5.41) is 17.7. The Morgan fingerprint density at radius 2 is 2.00 bits per heavy atom. The maximum absolute atomic E-state index is 11.9. The van der Waals surface area contributed by atoms with Crippen molar-refractivity contribution in [3.05, 3.63) is 0 Å². The molecule has 0 aromatic carbocycles. The van der Waals surface area contributed by atoms with Crippen LogP contribution in [0.2, 0.25) is 0 Å². The molecular weight excluding hydrogens is 326 g/mol. The number of anilines is 1. The van der Waals surface area contributed by atoms with Crippen molar-refractivity contribution in [3.63, 3.8) is 0 Å². The summed E-state index contributed by atoms with van der Waals surface area (Å²) in [5.74, 6) is -3.02. The first kappa shape index (κ1) is 16.9. The molecule has 0 bridgehead atoms. The van der Waals surface area contributed by atoms with E-state index in [0.29, 0.717) is 11.3 Å². The molecule has 11 nitrogen and oxygen atoms in total. The highest BCUT2D eigenvalue weighted by Gasteiger charge is 2.29. The number of nitrogens with one attached hydrogen (secondary N) is 2. The number of hydrogen-bond donors (Lipinski definition) is 4. The van der Waals surface area contributed by atoms with Crippen LogP contribution in [0.1, 0.15) is 13.3 Å². The van der Waals surface area contributed by atoms with Crippen LogP contribution < -0.4 is 15.8 Å². The molecule has 0 unspecified atom stereocenters. The first-order valence-corrected chi connectivity index (χ1v) is 7.56. The Balaban J connectivity index is 2.94. The molecule has 0 aliphatic rings. The van der Waals surface area contributed by atoms with E-state index in [1.54, 1.807) is 4.72 Å². The van der Waals surface area contributed by atoms with Gasteiger partial charge in [-0.1, -0.05) is 11.3 Å². The number of nitrogens with zero attached hydrogens (tertiary/aromatic N) is 2. The average molecular weight is 337 g/mol. The molecule has 2 amide bonds. The van der Waals surface area contributed by atoms with E-state index >= 15 is 0 Å². The molecule has 1 aromatic heterocycles. The van der Waals surface area contributed by atoms with Gasteiger partial charge in [0, 0.05) is 6.92 Å². The Kier molecular flexibility index (Phi) is 5.28. The zero-order valence-corrected chi connectivity index (χ0v) is 12.2. The number of aromatic nitrogens is 2. The zero-order chi connectivity index (χ0) is 16.2. The first-order chi connectivity index (χ1) is 9.61. The number of carbonyl (C=O) groups is 3. The number of nitrogens with two attached hydrogens (primary N) is 1. The second-order valence-electron chi connectivity index (χ2n) is 3.74. The fraction of sp³-hybridized carbons (Fsp3) is 0.375. The molecule has 0 radical (unpaired) electrons. The van der Waals surface area contributed by atoms with Crippen LogP contribution >= 0.6 is 11.3 Å². The predicted octanol–water partition coefficient (Wildman–Crippen LogP) is -1.90. The van der Waals surface area contributed by atoms with Crippen molar-refractivity contribution in [3.8, 4) is 0 Å². The second-order valence-corrected chi connectivity index (χ2v) is 6.60. The van der Waals surface area contributed by atoms with E-state index in [2.05, 4.69) is 15.5 Å². The molecule has 0 aliphatic heterocycles. The molecule has 0 saturated heterocycles. The van der Waals surface area contributed by atoms with Crippen molar-refractivity contribution >= 4 is 44.3 Å². The lowest BCUT2D eigenvalue weighted by atomic mass is 10.2. The highest BCUT2D eigenvalue weighted by atomic mass is 32.2. The molecular formula is C8H11N5O6S2. The lowest BCUT2D eigenvalue weighted by Crippen LogP contribution is -2.43. The lowest BCUT2D eigenvalue weighted by molar-refractivity contribution is -0.140. The van der Waals surface area contributed by atoms with Gasteiger partial charge in [-0.05, 0) is 0 Å². The lowest BCUT2D eigenvalue weighted by Gasteiger charge is -2.11. The number of hydrogen-bond acceptors (Lipinski definition) is 8. The van der Waals surface area contributed by atoms with Crippen molar-refractivity contribution < 1.29 is 27.9 Å². The van der Waals surface area contributed by atoms with E-state index in [1.807, 2.05) is 0 Å². The highest BCUT2D eigenvalue weighted by molar-refractivity contribution is 7.91. The summed E-state index contributed by atoms with van der Waals surface area (Å²) in [6.45, 7) is 1.20. The summed E-state index contributed by atoms with van der Waals surface area (Å²) in [5.41, 5.74) is 4.84. The Hall–Kier alpha value is -2.12. The third-order valence-electron chi connectivity index (χ3n) is 1.92. The van der Waals surface area contributed by atoms with Crippen LogP contribution in [0.25, 0.3) is 0 Å². The monoisotopic (exact) mass is 337 g/mol. The molecule has 1 rings (SSSR count). The Bertz CT molecular complexity index is 668. The molecule has 13 heteroatoms. The Labute approximate surface area is 122 Å². The molecule has 0 spiro atoms. The van der Waals surface area contributed by atoms with E-state index in [1.165, 1.54) is 6.92 Å². The van der Waals surface area contributed by atoms with Crippen molar-refractivity contribution in [1.29, 1.82) is 0 Å². The van der Waals surface area contributed by atoms with Crippen LogP contribution in [0.3, 0.4) is 0 Å². The zero-order valence-electron chi connectivity index (χ0n) is 10.6. The minimum absolute atomic E-state index is 0.0651. The van der Waals surface area contributed by atoms with Crippen LogP contribution in [0, 0.1) is 0 Å². The summed E-state index contributed by atoms with van der Waals surface area (Å²) in [6, 6.07) is -1.72. The highest BCUT2D eigenvalue weighted by Crippen LogP contribution is 2.20. The normalized spacial score (nSPS) is 12.6. The van der Waals surface area contributed by atoms with Gasteiger partial charge in [0.15, 0.2) is 0 Å². The number of sulfonamides is 1. The van der Waals surface area contributed by atoms with Gasteiger partial charge in [0.05, 0.1) is 6.42 Å². The van der Waals surface area contributed by atoms with Crippen molar-refractivity contribution in [1.82, 2.24) is 14.9 Å². The number of amides is 2. The van der Waals surface area contributed by atoms with Gasteiger partial charge in [0.25, 0.3) is 10.0 Å². The van der Waals surface area contributed by atoms with Gasteiger partial charge in [-0.15, -0.1) is 10.2 Å². The number of primary amides is 1. The van der Waals surface area contributed by atoms with E-state index in [4.69, 9.17) is 10.8 Å². The molecule has 0 fully saturated rings. The smallest absolute Gasteiger partial charge is 0.322 e. The van der Waals surface area contributed by atoms with Gasteiger partial charge < -0.3 is 16.2 Å². The molecule has 1 aromatic rings. The molecule has 1 heterocycles. The summed E-state index contributed by atoms with van der Waals surface area (Å²) >= 11 is 0.527. The van der Waals surface area contributed by atoms with Crippen molar-refractivity contribution in [2.24, 2.45) is 5.73 Å². The fourth-order valence-corrected chi connectivity index (χ4v) is 3.29. The molecule has 5 N–H and O–H groups in total. The maximum atomic E-state index is 11.9. The van der Waals surface area contributed by atoms with E-state index in [9.17, 15) is 22.8 Å². The average Bonchev–Trinajstić information content (AvgIpc) is 2.75. The summed E-state index contributed by atoms with van der Waals surface area (Å²) in [6.07, 6.45) is -0.716. The molecule has 0 aliphatic carbocycles. The van der Waals surface area contributed by atoms with Gasteiger partial charge in [-0.3, -0.25) is 14.4 Å². The summed E-state index contributed by atoms with van der Waals surface area (Å²) < 4.78 is 25.0. The van der Waals surface area contributed by atoms with E-state index in [-0.39, 0.29) is 5.13 Å².